The minimum atomic E-state index is -0.227. The van der Waals surface area contributed by atoms with Crippen LogP contribution in [0.4, 0.5) is 17.1 Å². The number of amides is 1. The molecule has 144 valence electrons. The number of nitrogens with two attached hydrogens (primary N) is 1. The molecule has 2 aromatic carbocycles. The minimum Gasteiger partial charge on any atom is -0.493 e. The van der Waals surface area contributed by atoms with Crippen LogP contribution in [-0.2, 0) is 0 Å². The van der Waals surface area contributed by atoms with E-state index in [0.717, 1.165) is 12.2 Å². The molecule has 0 radical (unpaired) electrons. The number of hydrogen-bond donors (Lipinski definition) is 2. The number of hydrogen-bond acceptors (Lipinski definition) is 5. The topological polar surface area (TPSA) is 76.8 Å². The lowest BCUT2D eigenvalue weighted by molar-refractivity contribution is 0.102. The van der Waals surface area contributed by atoms with Crippen LogP contribution in [0.2, 0.25) is 0 Å². The molecule has 3 rings (SSSR count). The summed E-state index contributed by atoms with van der Waals surface area (Å²) in [6, 6.07) is 11.2. The first-order valence-corrected chi connectivity index (χ1v) is 9.23. The van der Waals surface area contributed by atoms with Gasteiger partial charge in [-0.3, -0.25) is 4.79 Å². The van der Waals surface area contributed by atoms with E-state index < -0.39 is 0 Å². The maximum atomic E-state index is 12.6. The molecule has 1 aliphatic heterocycles. The van der Waals surface area contributed by atoms with Crippen LogP contribution in [0.15, 0.2) is 36.4 Å². The largest absolute Gasteiger partial charge is 0.493 e. The summed E-state index contributed by atoms with van der Waals surface area (Å²) in [5.74, 6) is 0.867. The highest BCUT2D eigenvalue weighted by Gasteiger charge is 2.20. The van der Waals surface area contributed by atoms with Gasteiger partial charge in [0.1, 0.15) is 0 Å². The van der Waals surface area contributed by atoms with Crippen molar-refractivity contribution < 1.29 is 14.3 Å². The van der Waals surface area contributed by atoms with Crippen molar-refractivity contribution in [3.8, 4) is 11.5 Å². The first-order valence-electron chi connectivity index (χ1n) is 9.23. The fourth-order valence-corrected chi connectivity index (χ4v) is 3.53. The van der Waals surface area contributed by atoms with Gasteiger partial charge in [0, 0.05) is 23.8 Å². The van der Waals surface area contributed by atoms with Crippen molar-refractivity contribution >= 4 is 23.0 Å². The Bertz CT molecular complexity index is 822. The van der Waals surface area contributed by atoms with E-state index >= 15 is 0 Å². The van der Waals surface area contributed by atoms with E-state index in [9.17, 15) is 4.79 Å². The fraction of sp³-hybridized carbons (Fsp3) is 0.381. The number of nitrogens with zero attached hydrogens (tertiary/aromatic N) is 1. The van der Waals surface area contributed by atoms with E-state index in [-0.39, 0.29) is 5.91 Å². The molecule has 1 amide bonds. The molecule has 0 aliphatic carbocycles. The number of rotatable bonds is 5. The first-order chi connectivity index (χ1) is 13.0. The van der Waals surface area contributed by atoms with E-state index in [1.807, 2.05) is 18.2 Å². The van der Waals surface area contributed by atoms with Crippen LogP contribution in [0.3, 0.4) is 0 Å². The van der Waals surface area contributed by atoms with Crippen molar-refractivity contribution in [2.24, 2.45) is 0 Å². The maximum absolute atomic E-state index is 12.6. The highest BCUT2D eigenvalue weighted by atomic mass is 16.5. The van der Waals surface area contributed by atoms with Crippen LogP contribution in [-0.4, -0.2) is 32.7 Å². The lowest BCUT2D eigenvalue weighted by Crippen LogP contribution is -2.37. The number of nitrogens with one attached hydrogen (secondary N) is 1. The lowest BCUT2D eigenvalue weighted by Gasteiger charge is -2.36. The van der Waals surface area contributed by atoms with Crippen molar-refractivity contribution in [1.29, 1.82) is 0 Å². The molecule has 3 N–H and O–H groups in total. The molecule has 0 unspecified atom stereocenters. The standard InChI is InChI=1S/C21H27N3O3/c1-14-6-4-5-11-24(14)18-9-8-16(13-17(18)22)23-21(25)15-7-10-19(26-2)20(12-15)27-3/h7-10,12-14H,4-6,11,22H2,1-3H3,(H,23,25)/t14-/m1/s1. The number of ether oxygens (including phenoxy) is 2. The Morgan fingerprint density at radius 1 is 1.11 bits per heavy atom. The van der Waals surface area contributed by atoms with E-state index in [2.05, 4.69) is 17.1 Å². The van der Waals surface area contributed by atoms with Crippen LogP contribution in [0.1, 0.15) is 36.5 Å². The number of piperidine rings is 1. The molecule has 0 spiro atoms. The summed E-state index contributed by atoms with van der Waals surface area (Å²) in [7, 11) is 3.10. The van der Waals surface area contributed by atoms with Gasteiger partial charge in [-0.25, -0.2) is 0 Å². The van der Waals surface area contributed by atoms with Crippen LogP contribution in [0.5, 0.6) is 11.5 Å². The van der Waals surface area contributed by atoms with Gasteiger partial charge in [-0.1, -0.05) is 0 Å². The molecular formula is C21H27N3O3. The van der Waals surface area contributed by atoms with E-state index in [1.54, 1.807) is 32.4 Å². The zero-order valence-electron chi connectivity index (χ0n) is 16.1. The Morgan fingerprint density at radius 2 is 1.89 bits per heavy atom. The molecule has 0 saturated carbocycles. The van der Waals surface area contributed by atoms with Gasteiger partial charge in [0.25, 0.3) is 5.91 Å². The third-order valence-electron chi connectivity index (χ3n) is 5.04. The molecule has 6 heteroatoms. The molecule has 0 aromatic heterocycles. The Labute approximate surface area is 160 Å². The molecule has 1 aliphatic rings. The van der Waals surface area contributed by atoms with Crippen molar-refractivity contribution in [3.05, 3.63) is 42.0 Å². The average Bonchev–Trinajstić information content (AvgIpc) is 2.68. The van der Waals surface area contributed by atoms with Gasteiger partial charge >= 0.3 is 0 Å². The minimum absolute atomic E-state index is 0.227. The maximum Gasteiger partial charge on any atom is 0.255 e. The van der Waals surface area contributed by atoms with Gasteiger partial charge in [0.2, 0.25) is 0 Å². The highest BCUT2D eigenvalue weighted by Crippen LogP contribution is 2.32. The summed E-state index contributed by atoms with van der Waals surface area (Å²) in [5.41, 5.74) is 9.14. The predicted octanol–water partition coefficient (Wildman–Crippen LogP) is 3.92. The lowest BCUT2D eigenvalue weighted by atomic mass is 10.0. The second kappa shape index (κ2) is 8.20. The quantitative estimate of drug-likeness (QED) is 0.781. The molecular weight excluding hydrogens is 342 g/mol. The van der Waals surface area contributed by atoms with Crippen molar-refractivity contribution in [1.82, 2.24) is 0 Å². The van der Waals surface area contributed by atoms with Gasteiger partial charge in [0.15, 0.2) is 11.5 Å². The van der Waals surface area contributed by atoms with Gasteiger partial charge in [-0.15, -0.1) is 0 Å². The monoisotopic (exact) mass is 369 g/mol. The van der Waals surface area contributed by atoms with Crippen LogP contribution in [0, 0.1) is 0 Å². The van der Waals surface area contributed by atoms with E-state index in [0.29, 0.717) is 34.5 Å². The number of benzene rings is 2. The number of carbonyl (C=O) groups excluding carboxylic acids is 1. The third-order valence-corrected chi connectivity index (χ3v) is 5.04. The second-order valence-corrected chi connectivity index (χ2v) is 6.84. The van der Waals surface area contributed by atoms with Crippen molar-refractivity contribution in [3.63, 3.8) is 0 Å². The summed E-state index contributed by atoms with van der Waals surface area (Å²) in [6.07, 6.45) is 3.62. The summed E-state index contributed by atoms with van der Waals surface area (Å²) in [6.45, 7) is 3.24. The summed E-state index contributed by atoms with van der Waals surface area (Å²) in [4.78, 5) is 14.9. The Hall–Kier alpha value is -2.89. The molecule has 2 aromatic rings. The first kappa shape index (κ1) is 18.9. The highest BCUT2D eigenvalue weighted by molar-refractivity contribution is 6.05. The zero-order chi connectivity index (χ0) is 19.4. The zero-order valence-corrected chi connectivity index (χ0v) is 16.1. The molecule has 1 heterocycles. The average molecular weight is 369 g/mol. The predicted molar refractivity (Wildman–Crippen MR) is 109 cm³/mol. The van der Waals surface area contributed by atoms with Crippen LogP contribution < -0.4 is 25.4 Å². The van der Waals surface area contributed by atoms with Crippen molar-refractivity contribution in [2.75, 3.05) is 36.7 Å². The Kier molecular flexibility index (Phi) is 5.74. The van der Waals surface area contributed by atoms with Crippen LogP contribution >= 0.6 is 0 Å². The fourth-order valence-electron chi connectivity index (χ4n) is 3.53. The van der Waals surface area contributed by atoms with Crippen LogP contribution in [0.25, 0.3) is 0 Å². The summed E-state index contributed by atoms with van der Waals surface area (Å²) in [5, 5.41) is 2.90. The Balaban J connectivity index is 1.76. The molecule has 1 fully saturated rings. The van der Waals surface area contributed by atoms with E-state index in [4.69, 9.17) is 15.2 Å². The molecule has 1 saturated heterocycles. The smallest absolute Gasteiger partial charge is 0.255 e. The Morgan fingerprint density at radius 3 is 2.56 bits per heavy atom. The van der Waals surface area contributed by atoms with Gasteiger partial charge in [0.05, 0.1) is 25.6 Å². The molecule has 1 atom stereocenters. The van der Waals surface area contributed by atoms with Gasteiger partial charge in [-0.2, -0.15) is 0 Å². The number of nitrogen functional groups attached to an aromatic ring is 1. The van der Waals surface area contributed by atoms with Gasteiger partial charge < -0.3 is 25.4 Å². The number of methoxy groups -OCH3 is 2. The van der Waals surface area contributed by atoms with E-state index in [1.165, 1.54) is 19.3 Å². The molecule has 0 bridgehead atoms. The SMILES string of the molecule is COc1ccc(C(=O)Nc2ccc(N3CCCC[C@H]3C)c(N)c2)cc1OC. The summed E-state index contributed by atoms with van der Waals surface area (Å²) >= 11 is 0. The third kappa shape index (κ3) is 4.10. The van der Waals surface area contributed by atoms with Crippen molar-refractivity contribution in [2.45, 2.75) is 32.2 Å². The molecule has 27 heavy (non-hydrogen) atoms. The second-order valence-electron chi connectivity index (χ2n) is 6.84. The number of carbonyl (C=O) groups is 1. The van der Waals surface area contributed by atoms with Gasteiger partial charge in [-0.05, 0) is 62.6 Å². The normalized spacial score (nSPS) is 16.7. The summed E-state index contributed by atoms with van der Waals surface area (Å²) < 4.78 is 10.5. The molecule has 6 nitrogen and oxygen atoms in total. The number of anilines is 3.